The smallest absolute Gasteiger partial charge is 0.374 e. The first-order chi connectivity index (χ1) is 25.6. The second-order valence-electron chi connectivity index (χ2n) is 19.1. The minimum absolute atomic E-state index is 0.147. The fraction of sp³-hybridized carbons (Fsp3) is 0.604. The van der Waals surface area contributed by atoms with Crippen LogP contribution in [0, 0.1) is 41.4 Å². The molecule has 4 fully saturated rings. The number of alkyl halides is 5. The summed E-state index contributed by atoms with van der Waals surface area (Å²) in [7, 11) is -2.03. The standard InChI is InChI=1S/C42H60OS.C2HF5.2C2H4/c1-29-9-12-31(13-10-29)27-44(6,7,8)34-17-14-32(15-18-34)37-26-41(5)30(2)11-20-38(41)36-19-16-33-25-42(22-21-35(33)39(36)37)24-23-40(3,4)28-43-42;3-1(4)2(5,6)7;2*1-2/h9-10,12-15,17-18,30,33,36-38H,6,11,16,19-28H2,1-5,7-8H3;1H;2*1-2H2. The second-order valence-corrected chi connectivity index (χ2v) is 24.7. The number of rotatable bonds is 4. The van der Waals surface area contributed by atoms with E-state index in [1.807, 2.05) is 11.1 Å². The molecular formula is C48H69F5OS. The molecule has 1 spiro atoms. The molecule has 5 aliphatic rings. The zero-order valence-electron chi connectivity index (χ0n) is 34.8. The molecule has 7 unspecified atom stereocenters. The van der Waals surface area contributed by atoms with Crippen molar-refractivity contribution in [2.75, 3.05) is 19.1 Å². The molecule has 2 aromatic carbocycles. The summed E-state index contributed by atoms with van der Waals surface area (Å²) in [6, 6.07) is 19.2. The highest BCUT2D eigenvalue weighted by molar-refractivity contribution is 8.44. The summed E-state index contributed by atoms with van der Waals surface area (Å²) in [5.74, 6) is 9.80. The first kappa shape index (κ1) is 45.2. The third-order valence-corrected chi connectivity index (χ3v) is 17.2. The van der Waals surface area contributed by atoms with Gasteiger partial charge in [0.1, 0.15) is 0 Å². The van der Waals surface area contributed by atoms with E-state index in [9.17, 15) is 22.0 Å². The Labute approximate surface area is 330 Å². The number of hydrogen-bond acceptors (Lipinski definition) is 1. The average Bonchev–Trinajstić information content (AvgIpc) is 3.45. The number of allylic oxidation sites excluding steroid dienone is 2. The van der Waals surface area contributed by atoms with E-state index in [2.05, 4.69) is 122 Å². The van der Waals surface area contributed by atoms with Crippen molar-refractivity contribution in [1.82, 2.24) is 0 Å². The molecule has 7 heteroatoms. The number of aryl methyl sites for hydroxylation is 1. The molecule has 1 heterocycles. The van der Waals surface area contributed by atoms with Crippen molar-refractivity contribution in [3.63, 3.8) is 0 Å². The van der Waals surface area contributed by atoms with Crippen molar-refractivity contribution in [3.05, 3.63) is 103 Å². The molecule has 2 aromatic rings. The van der Waals surface area contributed by atoms with Crippen LogP contribution in [-0.2, 0) is 10.5 Å². The molecule has 0 bridgehead atoms. The van der Waals surface area contributed by atoms with Crippen LogP contribution in [0.15, 0.2) is 90.9 Å². The van der Waals surface area contributed by atoms with Crippen LogP contribution < -0.4 is 0 Å². The topological polar surface area (TPSA) is 9.23 Å². The van der Waals surface area contributed by atoms with Gasteiger partial charge in [0, 0.05) is 11.7 Å². The van der Waals surface area contributed by atoms with E-state index in [1.54, 1.807) is 5.56 Å². The lowest BCUT2D eigenvalue weighted by atomic mass is 9.50. The van der Waals surface area contributed by atoms with Gasteiger partial charge >= 0.3 is 12.6 Å². The van der Waals surface area contributed by atoms with E-state index in [0.717, 1.165) is 36.0 Å². The van der Waals surface area contributed by atoms with Crippen LogP contribution in [0.4, 0.5) is 22.0 Å². The largest absolute Gasteiger partial charge is 0.450 e. The second kappa shape index (κ2) is 16.8. The number of hydrogen-bond donors (Lipinski definition) is 0. The van der Waals surface area contributed by atoms with Crippen molar-refractivity contribution < 1.29 is 26.7 Å². The van der Waals surface area contributed by atoms with Crippen LogP contribution in [-0.4, -0.2) is 43.2 Å². The molecular weight excluding hydrogens is 720 g/mol. The van der Waals surface area contributed by atoms with Crippen LogP contribution in [0.2, 0.25) is 0 Å². The molecule has 3 saturated carbocycles. The SMILES string of the molecule is C=C.C=C.C=S(C)(C)(Cc1ccc(C)cc1)c1ccc(C2CC3(C)C(C)CCC3C3CCC4CC5(CCC4=C23)CCC(C)(C)CO5)cc1.FC(F)C(F)(F)F. The predicted molar refractivity (Wildman–Crippen MR) is 227 cm³/mol. The van der Waals surface area contributed by atoms with E-state index in [0.29, 0.717) is 16.7 Å². The fourth-order valence-corrected chi connectivity index (χ4v) is 13.3. The lowest BCUT2D eigenvalue weighted by Gasteiger charge is -2.56. The van der Waals surface area contributed by atoms with Gasteiger partial charge in [0.05, 0.1) is 12.2 Å². The highest BCUT2D eigenvalue weighted by atomic mass is 32.3. The van der Waals surface area contributed by atoms with Gasteiger partial charge in [-0.2, -0.15) is 13.2 Å². The van der Waals surface area contributed by atoms with Crippen molar-refractivity contribution in [3.8, 4) is 0 Å². The molecule has 4 aliphatic carbocycles. The summed E-state index contributed by atoms with van der Waals surface area (Å²) in [5, 5.41) is 0. The summed E-state index contributed by atoms with van der Waals surface area (Å²) in [6.45, 7) is 25.1. The Kier molecular flexibility index (Phi) is 13.8. The first-order valence-corrected chi connectivity index (χ1v) is 23.4. The van der Waals surface area contributed by atoms with Gasteiger partial charge in [-0.25, -0.2) is 17.5 Å². The van der Waals surface area contributed by atoms with Gasteiger partial charge in [0.15, 0.2) is 0 Å². The van der Waals surface area contributed by atoms with E-state index in [1.165, 1.54) is 80.2 Å². The normalized spacial score (nSPS) is 31.8. The molecule has 55 heavy (non-hydrogen) atoms. The van der Waals surface area contributed by atoms with E-state index >= 15 is 0 Å². The van der Waals surface area contributed by atoms with Gasteiger partial charge in [-0.05, 0) is 134 Å². The maximum absolute atomic E-state index is 10.4. The molecule has 0 amide bonds. The van der Waals surface area contributed by atoms with Gasteiger partial charge in [0.25, 0.3) is 0 Å². The average molecular weight is 789 g/mol. The number of halogens is 5. The lowest BCUT2D eigenvalue weighted by Crippen LogP contribution is -2.48. The zero-order valence-corrected chi connectivity index (χ0v) is 35.6. The number of fused-ring (bicyclic) bond motifs is 4. The van der Waals surface area contributed by atoms with E-state index in [4.69, 9.17) is 10.6 Å². The highest BCUT2D eigenvalue weighted by Gasteiger charge is 2.56. The summed E-state index contributed by atoms with van der Waals surface area (Å²) in [4.78, 5) is 1.45. The molecule has 1 saturated heterocycles. The van der Waals surface area contributed by atoms with Gasteiger partial charge < -0.3 is 4.74 Å². The molecule has 1 nitrogen and oxygen atoms in total. The minimum atomic E-state index is -5.33. The summed E-state index contributed by atoms with van der Waals surface area (Å²) in [5.41, 5.74) is 9.06. The molecule has 0 aromatic heterocycles. The van der Waals surface area contributed by atoms with Crippen molar-refractivity contribution in [1.29, 1.82) is 0 Å². The third-order valence-electron chi connectivity index (χ3n) is 14.1. The Hall–Kier alpha value is -2.51. The Morgan fingerprint density at radius 1 is 0.836 bits per heavy atom. The zero-order chi connectivity index (χ0) is 41.2. The third kappa shape index (κ3) is 9.79. The summed E-state index contributed by atoms with van der Waals surface area (Å²) in [6.07, 6.45) is 8.72. The molecule has 0 radical (unpaired) electrons. The highest BCUT2D eigenvalue weighted by Crippen LogP contribution is 2.67. The summed E-state index contributed by atoms with van der Waals surface area (Å²) >= 11 is 0. The quantitative estimate of drug-likeness (QED) is 0.170. The maximum Gasteiger partial charge on any atom is 0.450 e. The first-order valence-electron chi connectivity index (χ1n) is 20.2. The van der Waals surface area contributed by atoms with Crippen LogP contribution in [0.3, 0.4) is 0 Å². The van der Waals surface area contributed by atoms with Crippen LogP contribution in [0.5, 0.6) is 0 Å². The van der Waals surface area contributed by atoms with E-state index < -0.39 is 21.4 Å². The molecule has 7 rings (SSSR count). The van der Waals surface area contributed by atoms with E-state index in [-0.39, 0.29) is 5.60 Å². The molecule has 1 aliphatic heterocycles. The lowest BCUT2D eigenvalue weighted by molar-refractivity contribution is -0.219. The van der Waals surface area contributed by atoms with Gasteiger partial charge in [-0.1, -0.05) is 98.8 Å². The summed E-state index contributed by atoms with van der Waals surface area (Å²) < 4.78 is 58.9. The van der Waals surface area contributed by atoms with Crippen molar-refractivity contribution in [2.24, 2.45) is 34.5 Å². The number of ether oxygens (including phenoxy) is 1. The van der Waals surface area contributed by atoms with Gasteiger partial charge in [0.2, 0.25) is 0 Å². The molecule has 0 N–H and O–H groups in total. The van der Waals surface area contributed by atoms with Gasteiger partial charge in [-0.3, -0.25) is 0 Å². The van der Waals surface area contributed by atoms with Gasteiger partial charge in [-0.15, -0.1) is 26.3 Å². The van der Waals surface area contributed by atoms with Crippen LogP contribution in [0.1, 0.15) is 115 Å². The maximum atomic E-state index is 10.4. The molecule has 7 atom stereocenters. The Balaban J connectivity index is 0.000000546. The van der Waals surface area contributed by atoms with Crippen LogP contribution in [0.25, 0.3) is 0 Å². The Morgan fingerprint density at radius 2 is 1.44 bits per heavy atom. The molecule has 308 valence electrons. The van der Waals surface area contributed by atoms with Crippen LogP contribution >= 0.6 is 8.75 Å². The number of benzene rings is 2. The fourth-order valence-electron chi connectivity index (χ4n) is 10.8. The Morgan fingerprint density at radius 3 is 1.98 bits per heavy atom. The Bertz CT molecular complexity index is 1680. The minimum Gasteiger partial charge on any atom is -0.374 e. The predicted octanol–water partition coefficient (Wildman–Crippen LogP) is 14.6. The van der Waals surface area contributed by atoms with Crippen molar-refractivity contribution in [2.45, 2.75) is 134 Å². The van der Waals surface area contributed by atoms with Crippen molar-refractivity contribution >= 4 is 14.6 Å². The monoisotopic (exact) mass is 788 g/mol.